The minimum Gasteiger partial charge on any atom is -0.485 e. The highest BCUT2D eigenvalue weighted by molar-refractivity contribution is 6.37. The van der Waals surface area contributed by atoms with Crippen LogP contribution in [0.4, 0.5) is 4.39 Å². The van der Waals surface area contributed by atoms with Crippen LogP contribution in [0.2, 0.25) is 0 Å². The Labute approximate surface area is 104 Å². The second kappa shape index (κ2) is 7.01. The van der Waals surface area contributed by atoms with Crippen LogP contribution in [0.5, 0.6) is 5.75 Å². The van der Waals surface area contributed by atoms with E-state index < -0.39 is 11.6 Å². The van der Waals surface area contributed by atoms with Crippen molar-refractivity contribution in [2.24, 2.45) is 0 Å². The van der Waals surface area contributed by atoms with Gasteiger partial charge in [-0.25, -0.2) is 4.39 Å². The number of Topliss-reactive ketones (excluding diaryl/α,β-unsaturated/α-hetero) is 2. The van der Waals surface area contributed by atoms with Gasteiger partial charge < -0.3 is 4.74 Å². The molecular weight excluding hydrogens is 247 g/mol. The molecule has 0 bridgehead atoms. The number of halogens is 2. The van der Waals surface area contributed by atoms with E-state index in [0.717, 1.165) is 0 Å². The van der Waals surface area contributed by atoms with Crippen molar-refractivity contribution in [3.8, 4) is 5.75 Å². The van der Waals surface area contributed by atoms with Crippen LogP contribution in [-0.4, -0.2) is 24.1 Å². The highest BCUT2D eigenvalue weighted by Gasteiger charge is 2.13. The first-order valence-electron chi connectivity index (χ1n) is 5.14. The third-order valence-electron chi connectivity index (χ3n) is 2.03. The van der Waals surface area contributed by atoms with Crippen molar-refractivity contribution in [1.29, 1.82) is 0 Å². The Morgan fingerprint density at radius 3 is 2.41 bits per heavy atom. The van der Waals surface area contributed by atoms with Crippen molar-refractivity contribution >= 4 is 23.2 Å². The van der Waals surface area contributed by atoms with E-state index in [1.54, 1.807) is 0 Å². The van der Waals surface area contributed by atoms with Crippen molar-refractivity contribution in [2.45, 2.75) is 12.8 Å². The molecule has 5 heteroatoms. The minimum absolute atomic E-state index is 0.134. The molecule has 0 amide bonds. The maximum atomic E-state index is 12.6. The van der Waals surface area contributed by atoms with Crippen molar-refractivity contribution in [3.63, 3.8) is 0 Å². The maximum Gasteiger partial charge on any atom is 0.235 e. The van der Waals surface area contributed by atoms with Crippen molar-refractivity contribution in [3.05, 3.63) is 30.1 Å². The summed E-state index contributed by atoms with van der Waals surface area (Å²) >= 11 is 5.41. The van der Waals surface area contributed by atoms with Crippen molar-refractivity contribution in [1.82, 2.24) is 0 Å². The third-order valence-corrected chi connectivity index (χ3v) is 2.30. The van der Waals surface area contributed by atoms with Gasteiger partial charge in [0.2, 0.25) is 11.6 Å². The number of hydrogen-bond donors (Lipinski definition) is 0. The topological polar surface area (TPSA) is 43.4 Å². The highest BCUT2D eigenvalue weighted by Crippen LogP contribution is 2.10. The van der Waals surface area contributed by atoms with Gasteiger partial charge in [0.15, 0.2) is 6.61 Å². The molecule has 0 spiro atoms. The number of carbonyl (C=O) groups is 2. The van der Waals surface area contributed by atoms with Crippen LogP contribution in [-0.2, 0) is 9.59 Å². The fourth-order valence-corrected chi connectivity index (χ4v) is 1.26. The average Bonchev–Trinajstić information content (AvgIpc) is 2.34. The van der Waals surface area contributed by atoms with Crippen LogP contribution in [0, 0.1) is 5.82 Å². The summed E-state index contributed by atoms with van der Waals surface area (Å²) in [5.41, 5.74) is 0. The van der Waals surface area contributed by atoms with E-state index in [4.69, 9.17) is 16.3 Å². The van der Waals surface area contributed by atoms with Gasteiger partial charge in [0, 0.05) is 12.3 Å². The zero-order valence-electron chi connectivity index (χ0n) is 9.12. The molecule has 1 rings (SSSR count). The summed E-state index contributed by atoms with van der Waals surface area (Å²) in [5.74, 6) is -0.781. The van der Waals surface area contributed by atoms with Crippen LogP contribution in [0.15, 0.2) is 24.3 Å². The summed E-state index contributed by atoms with van der Waals surface area (Å²) in [6.07, 6.45) is 0.609. The van der Waals surface area contributed by atoms with E-state index in [9.17, 15) is 14.0 Å². The summed E-state index contributed by atoms with van der Waals surface area (Å²) < 4.78 is 17.6. The Balaban J connectivity index is 2.37. The first kappa shape index (κ1) is 13.6. The monoisotopic (exact) mass is 258 g/mol. The minimum atomic E-state index is -0.598. The number of hydrogen-bond acceptors (Lipinski definition) is 3. The number of ketones is 2. The molecule has 0 unspecified atom stereocenters. The molecule has 0 radical (unpaired) electrons. The first-order chi connectivity index (χ1) is 8.13. The molecule has 0 aliphatic rings. The molecule has 17 heavy (non-hydrogen) atoms. The molecule has 0 fully saturated rings. The molecule has 0 aliphatic heterocycles. The Kier molecular flexibility index (Phi) is 5.63. The molecule has 92 valence electrons. The summed E-state index contributed by atoms with van der Waals surface area (Å²) in [7, 11) is 0. The fraction of sp³-hybridized carbons (Fsp3) is 0.333. The lowest BCUT2D eigenvalue weighted by molar-refractivity contribution is -0.137. The second-order valence-electron chi connectivity index (χ2n) is 3.38. The van der Waals surface area contributed by atoms with E-state index >= 15 is 0 Å². The molecule has 1 aromatic rings. The van der Waals surface area contributed by atoms with Gasteiger partial charge in [-0.05, 0) is 30.7 Å². The Morgan fingerprint density at radius 1 is 1.18 bits per heavy atom. The number of rotatable bonds is 7. The van der Waals surface area contributed by atoms with Crippen LogP contribution in [0.25, 0.3) is 0 Å². The standard InChI is InChI=1S/C12H12ClFO3/c13-7-1-2-11(15)12(16)8-17-10-5-3-9(14)4-6-10/h3-6H,1-2,7-8H2. The summed E-state index contributed by atoms with van der Waals surface area (Å²) in [5, 5.41) is 0. The molecule has 3 nitrogen and oxygen atoms in total. The predicted octanol–water partition coefficient (Wildman–Crippen LogP) is 2.36. The molecular formula is C12H12ClFO3. The van der Waals surface area contributed by atoms with Gasteiger partial charge in [0.1, 0.15) is 11.6 Å². The highest BCUT2D eigenvalue weighted by atomic mass is 35.5. The Morgan fingerprint density at radius 2 is 1.82 bits per heavy atom. The molecule has 0 heterocycles. The summed E-state index contributed by atoms with van der Waals surface area (Å²) in [6, 6.07) is 5.22. The van der Waals surface area contributed by atoms with Gasteiger partial charge in [0.25, 0.3) is 0 Å². The van der Waals surface area contributed by atoms with Gasteiger partial charge >= 0.3 is 0 Å². The Bertz CT molecular complexity index is 389. The first-order valence-corrected chi connectivity index (χ1v) is 5.67. The number of ether oxygens (including phenoxy) is 1. The quantitative estimate of drug-likeness (QED) is 0.557. The number of alkyl halides is 1. The smallest absolute Gasteiger partial charge is 0.235 e. The summed E-state index contributed by atoms with van der Waals surface area (Å²) in [4.78, 5) is 22.5. The van der Waals surface area contributed by atoms with E-state index in [2.05, 4.69) is 0 Å². The van der Waals surface area contributed by atoms with Gasteiger partial charge in [-0.3, -0.25) is 9.59 Å². The maximum absolute atomic E-state index is 12.6. The van der Waals surface area contributed by atoms with Gasteiger partial charge in [-0.15, -0.1) is 11.6 Å². The van der Waals surface area contributed by atoms with Gasteiger partial charge in [0.05, 0.1) is 0 Å². The molecule has 0 saturated heterocycles. The fourth-order valence-electron chi connectivity index (χ4n) is 1.13. The third kappa shape index (κ3) is 4.95. The molecule has 1 aromatic carbocycles. The van der Waals surface area contributed by atoms with E-state index in [1.165, 1.54) is 24.3 Å². The average molecular weight is 259 g/mol. The lowest BCUT2D eigenvalue weighted by Gasteiger charge is -2.04. The van der Waals surface area contributed by atoms with E-state index in [1.807, 2.05) is 0 Å². The number of benzene rings is 1. The Hall–Kier alpha value is -1.42. The van der Waals surface area contributed by atoms with Crippen molar-refractivity contribution in [2.75, 3.05) is 12.5 Å². The van der Waals surface area contributed by atoms with E-state index in [0.29, 0.717) is 18.1 Å². The van der Waals surface area contributed by atoms with Crippen LogP contribution in [0.1, 0.15) is 12.8 Å². The van der Waals surface area contributed by atoms with Crippen molar-refractivity contribution < 1.29 is 18.7 Å². The molecule has 0 aromatic heterocycles. The zero-order chi connectivity index (χ0) is 12.7. The van der Waals surface area contributed by atoms with Crippen LogP contribution >= 0.6 is 11.6 Å². The predicted molar refractivity (Wildman–Crippen MR) is 61.9 cm³/mol. The van der Waals surface area contributed by atoms with Gasteiger partial charge in [-0.2, -0.15) is 0 Å². The molecule has 0 atom stereocenters. The lowest BCUT2D eigenvalue weighted by atomic mass is 10.2. The zero-order valence-corrected chi connectivity index (χ0v) is 9.87. The van der Waals surface area contributed by atoms with Crippen LogP contribution < -0.4 is 4.74 Å². The van der Waals surface area contributed by atoms with Gasteiger partial charge in [-0.1, -0.05) is 0 Å². The molecule has 0 saturated carbocycles. The number of carbonyl (C=O) groups excluding carboxylic acids is 2. The lowest BCUT2D eigenvalue weighted by Crippen LogP contribution is -2.21. The second-order valence-corrected chi connectivity index (χ2v) is 3.76. The van der Waals surface area contributed by atoms with Crippen LogP contribution in [0.3, 0.4) is 0 Å². The normalized spacial score (nSPS) is 10.0. The largest absolute Gasteiger partial charge is 0.485 e. The van der Waals surface area contributed by atoms with E-state index in [-0.39, 0.29) is 18.8 Å². The SMILES string of the molecule is O=C(CCCCl)C(=O)COc1ccc(F)cc1. The molecule has 0 aliphatic carbocycles. The molecule has 0 N–H and O–H groups in total. The summed E-state index contributed by atoms with van der Waals surface area (Å²) in [6.45, 7) is -0.327.